The Morgan fingerprint density at radius 1 is 0.938 bits per heavy atom. The van der Waals surface area contributed by atoms with Gasteiger partial charge in [-0.3, -0.25) is 0 Å². The van der Waals surface area contributed by atoms with E-state index in [-0.39, 0.29) is 9.81 Å². The van der Waals surface area contributed by atoms with E-state index in [2.05, 4.69) is 9.47 Å². The number of carbonyl (C=O) groups excluding carboxylic acids is 2. The predicted molar refractivity (Wildman–Crippen MR) is 57.5 cm³/mol. The molecule has 0 aliphatic rings. The fraction of sp³-hybridized carbons (Fsp3) is 0.250. The number of methoxy groups -OCH3 is 2. The maximum absolute atomic E-state index is 11.3. The van der Waals surface area contributed by atoms with Crippen LogP contribution >= 0.6 is 23.5 Å². The lowest BCUT2D eigenvalue weighted by Crippen LogP contribution is -2.10. The predicted octanol–water partition coefficient (Wildman–Crippen LogP) is 0.973. The maximum atomic E-state index is 11.3. The van der Waals surface area contributed by atoms with Crippen LogP contribution in [0.25, 0.3) is 0 Å². The molecule has 0 bridgehead atoms. The Morgan fingerprint density at radius 2 is 1.25 bits per heavy atom. The van der Waals surface area contributed by atoms with Gasteiger partial charge < -0.3 is 9.47 Å². The third-order valence-electron chi connectivity index (χ3n) is 1.24. The normalized spacial score (nSPS) is 10.5. The molecule has 0 aliphatic carbocycles. The van der Waals surface area contributed by atoms with Gasteiger partial charge in [0.05, 0.1) is 14.2 Å². The molecule has 16 heavy (non-hydrogen) atoms. The number of thiocyanates is 2. The summed E-state index contributed by atoms with van der Waals surface area (Å²) in [5.41, 5.74) is 0. The van der Waals surface area contributed by atoms with Gasteiger partial charge in [0, 0.05) is 0 Å². The van der Waals surface area contributed by atoms with Gasteiger partial charge >= 0.3 is 11.9 Å². The minimum absolute atomic E-state index is 0.261. The first-order valence-electron chi connectivity index (χ1n) is 3.65. The lowest BCUT2D eigenvalue weighted by Gasteiger charge is -2.05. The summed E-state index contributed by atoms with van der Waals surface area (Å²) in [5, 5.41) is 20.2. The third kappa shape index (κ3) is 3.85. The second kappa shape index (κ2) is 7.63. The molecule has 6 nitrogen and oxygen atoms in total. The molecule has 0 aliphatic heterocycles. The lowest BCUT2D eigenvalue weighted by atomic mass is 10.5. The van der Waals surface area contributed by atoms with Gasteiger partial charge in [-0.15, -0.1) is 0 Å². The quantitative estimate of drug-likeness (QED) is 0.417. The molecule has 0 aromatic carbocycles. The highest BCUT2D eigenvalue weighted by Gasteiger charge is 2.24. The summed E-state index contributed by atoms with van der Waals surface area (Å²) < 4.78 is 8.78. The molecular weight excluding hydrogens is 252 g/mol. The molecule has 0 amide bonds. The van der Waals surface area contributed by atoms with Crippen LogP contribution in [0, 0.1) is 21.3 Å². The molecule has 0 aromatic rings. The first kappa shape index (κ1) is 14.4. The Bertz CT molecular complexity index is 367. The van der Waals surface area contributed by atoms with Crippen molar-refractivity contribution in [1.29, 1.82) is 10.5 Å². The Kier molecular flexibility index (Phi) is 6.84. The topological polar surface area (TPSA) is 100 Å². The fourth-order valence-corrected chi connectivity index (χ4v) is 1.76. The summed E-state index contributed by atoms with van der Waals surface area (Å²) in [6.45, 7) is 0. The number of esters is 2. The van der Waals surface area contributed by atoms with Crippen LogP contribution in [0.3, 0.4) is 0 Å². The van der Waals surface area contributed by atoms with Gasteiger partial charge in [0.15, 0.2) is 0 Å². The number of hydrogen-bond donors (Lipinski definition) is 0. The number of rotatable bonds is 4. The summed E-state index contributed by atoms with van der Waals surface area (Å²) >= 11 is 0.877. The maximum Gasteiger partial charge on any atom is 0.346 e. The smallest absolute Gasteiger partial charge is 0.346 e. The van der Waals surface area contributed by atoms with Crippen LogP contribution in [0.1, 0.15) is 0 Å². The lowest BCUT2D eigenvalue weighted by molar-refractivity contribution is -0.138. The van der Waals surface area contributed by atoms with Crippen molar-refractivity contribution >= 4 is 35.5 Å². The van der Waals surface area contributed by atoms with Crippen molar-refractivity contribution in [3.05, 3.63) is 9.81 Å². The molecule has 0 radical (unpaired) electrons. The average Bonchev–Trinajstić information content (AvgIpc) is 2.31. The number of thioether (sulfide) groups is 2. The molecular formula is C8H6N2O4S2. The summed E-state index contributed by atoms with van der Waals surface area (Å²) in [6, 6.07) is 0. The van der Waals surface area contributed by atoms with Gasteiger partial charge in [-0.1, -0.05) is 0 Å². The number of nitriles is 2. The fourth-order valence-electron chi connectivity index (χ4n) is 0.638. The van der Waals surface area contributed by atoms with Crippen molar-refractivity contribution in [2.75, 3.05) is 14.2 Å². The van der Waals surface area contributed by atoms with E-state index < -0.39 is 11.9 Å². The summed E-state index contributed by atoms with van der Waals surface area (Å²) in [6.07, 6.45) is 0. The summed E-state index contributed by atoms with van der Waals surface area (Å²) in [7, 11) is 2.21. The monoisotopic (exact) mass is 258 g/mol. The Balaban J connectivity index is 5.45. The Labute approximate surface area is 100 Å². The van der Waals surface area contributed by atoms with E-state index in [9.17, 15) is 9.59 Å². The van der Waals surface area contributed by atoms with E-state index in [1.807, 2.05) is 0 Å². The van der Waals surface area contributed by atoms with Gasteiger partial charge in [0.25, 0.3) is 0 Å². The molecule has 0 heterocycles. The first-order chi connectivity index (χ1) is 7.62. The average molecular weight is 258 g/mol. The highest BCUT2D eigenvalue weighted by Crippen LogP contribution is 2.28. The second-order valence-corrected chi connectivity index (χ2v) is 3.62. The van der Waals surface area contributed by atoms with Crippen molar-refractivity contribution in [2.24, 2.45) is 0 Å². The Hall–Kier alpha value is -1.64. The van der Waals surface area contributed by atoms with Crippen LogP contribution in [0.2, 0.25) is 0 Å². The molecule has 0 spiro atoms. The number of carbonyl (C=O) groups is 2. The van der Waals surface area contributed by atoms with E-state index in [1.165, 1.54) is 0 Å². The van der Waals surface area contributed by atoms with Gasteiger partial charge in [-0.2, -0.15) is 10.5 Å². The summed E-state index contributed by atoms with van der Waals surface area (Å²) in [4.78, 5) is 22.0. The van der Waals surface area contributed by atoms with Gasteiger partial charge in [-0.05, 0) is 23.5 Å². The van der Waals surface area contributed by atoms with Crippen molar-refractivity contribution in [2.45, 2.75) is 0 Å². The molecule has 84 valence electrons. The van der Waals surface area contributed by atoms with Gasteiger partial charge in [0.1, 0.15) is 20.6 Å². The van der Waals surface area contributed by atoms with Crippen LogP contribution in [-0.2, 0) is 19.1 Å². The molecule has 8 heteroatoms. The van der Waals surface area contributed by atoms with Crippen LogP contribution in [0.4, 0.5) is 0 Å². The van der Waals surface area contributed by atoms with E-state index in [4.69, 9.17) is 10.5 Å². The molecule has 0 saturated carbocycles. The molecule has 0 rings (SSSR count). The molecule has 0 aromatic heterocycles. The van der Waals surface area contributed by atoms with Crippen LogP contribution in [0.5, 0.6) is 0 Å². The van der Waals surface area contributed by atoms with E-state index in [1.54, 1.807) is 10.8 Å². The molecule has 0 fully saturated rings. The zero-order chi connectivity index (χ0) is 12.6. The van der Waals surface area contributed by atoms with Crippen LogP contribution in [0.15, 0.2) is 9.81 Å². The SMILES string of the molecule is COC(=O)/C(SC#N)=C(\SC#N)C(=O)OC. The molecule has 0 unspecified atom stereocenters. The van der Waals surface area contributed by atoms with Gasteiger partial charge in [0.2, 0.25) is 0 Å². The zero-order valence-corrected chi connectivity index (χ0v) is 9.98. The number of hydrogen-bond acceptors (Lipinski definition) is 8. The van der Waals surface area contributed by atoms with Crippen molar-refractivity contribution < 1.29 is 19.1 Å². The highest BCUT2D eigenvalue weighted by atomic mass is 32.2. The minimum atomic E-state index is -0.866. The largest absolute Gasteiger partial charge is 0.465 e. The summed E-state index contributed by atoms with van der Waals surface area (Å²) in [5.74, 6) is -1.73. The molecule has 0 atom stereocenters. The van der Waals surface area contributed by atoms with Crippen LogP contribution < -0.4 is 0 Å². The first-order valence-corrected chi connectivity index (χ1v) is 5.28. The van der Waals surface area contributed by atoms with Crippen LogP contribution in [-0.4, -0.2) is 26.2 Å². The van der Waals surface area contributed by atoms with Crippen molar-refractivity contribution in [1.82, 2.24) is 0 Å². The zero-order valence-electron chi connectivity index (χ0n) is 8.34. The standard InChI is InChI=1S/C8H6N2O4S2/c1-13-7(11)5(15-3-9)6(16-4-10)8(12)14-2/h1-2H3/b6-5+. The Morgan fingerprint density at radius 3 is 1.44 bits per heavy atom. The van der Waals surface area contributed by atoms with Gasteiger partial charge in [-0.25, -0.2) is 9.59 Å². The van der Waals surface area contributed by atoms with Crippen molar-refractivity contribution in [3.63, 3.8) is 0 Å². The van der Waals surface area contributed by atoms with Crippen molar-refractivity contribution in [3.8, 4) is 10.8 Å². The van der Waals surface area contributed by atoms with E-state index >= 15 is 0 Å². The second-order valence-electron chi connectivity index (χ2n) is 2.03. The molecule has 0 N–H and O–H groups in total. The number of ether oxygens (including phenoxy) is 2. The minimum Gasteiger partial charge on any atom is -0.465 e. The molecule has 0 saturated heterocycles. The number of nitrogens with zero attached hydrogens (tertiary/aromatic N) is 2. The highest BCUT2D eigenvalue weighted by molar-refractivity contribution is 8.12. The van der Waals surface area contributed by atoms with E-state index in [0.717, 1.165) is 14.2 Å². The third-order valence-corrected chi connectivity index (χ3v) is 2.70. The van der Waals surface area contributed by atoms with E-state index in [0.29, 0.717) is 23.5 Å².